The molecule has 0 radical (unpaired) electrons. The number of amides is 1. The molecule has 1 aromatic rings. The van der Waals surface area contributed by atoms with Crippen LogP contribution in [-0.4, -0.2) is 35.4 Å². The molecule has 0 aliphatic rings. The fourth-order valence-electron chi connectivity index (χ4n) is 2.04. The summed E-state index contributed by atoms with van der Waals surface area (Å²) in [5.41, 5.74) is 1.61. The van der Waals surface area contributed by atoms with E-state index in [0.29, 0.717) is 17.7 Å². The number of carbonyl (C=O) groups is 1. The second-order valence-corrected chi connectivity index (χ2v) is 6.25. The summed E-state index contributed by atoms with van der Waals surface area (Å²) in [5, 5.41) is 7.87. The zero-order chi connectivity index (χ0) is 16.7. The third-order valence-electron chi connectivity index (χ3n) is 3.19. The molecule has 22 heavy (non-hydrogen) atoms. The van der Waals surface area contributed by atoms with Gasteiger partial charge in [0.2, 0.25) is 5.91 Å². The minimum atomic E-state index is -0.143. The minimum Gasteiger partial charge on any atom is -0.385 e. The van der Waals surface area contributed by atoms with Gasteiger partial charge in [-0.1, -0.05) is 25.4 Å². The zero-order valence-corrected chi connectivity index (χ0v) is 14.8. The predicted molar refractivity (Wildman–Crippen MR) is 89.9 cm³/mol. The Hall–Kier alpha value is -1.33. The van der Waals surface area contributed by atoms with E-state index in [9.17, 15) is 4.79 Å². The highest BCUT2D eigenvalue weighted by Gasteiger charge is 2.12. The van der Waals surface area contributed by atoms with Crippen molar-refractivity contribution in [2.45, 2.75) is 46.7 Å². The van der Waals surface area contributed by atoms with E-state index < -0.39 is 0 Å². The summed E-state index contributed by atoms with van der Waals surface area (Å²) in [6.45, 7) is 9.44. The Balaban J connectivity index is 2.69. The van der Waals surface area contributed by atoms with Gasteiger partial charge in [0.1, 0.15) is 5.15 Å². The Labute approximate surface area is 137 Å². The molecule has 1 rings (SSSR count). The largest absolute Gasteiger partial charge is 0.385 e. The number of rotatable bonds is 8. The average Bonchev–Trinajstić information content (AvgIpc) is 2.68. The fourth-order valence-corrected chi connectivity index (χ4v) is 2.35. The maximum atomic E-state index is 11.9. The van der Waals surface area contributed by atoms with Crippen LogP contribution in [0, 0.1) is 12.8 Å². The smallest absolute Gasteiger partial charge is 0.244 e. The first kappa shape index (κ1) is 18.7. The van der Waals surface area contributed by atoms with Crippen LogP contribution in [0.15, 0.2) is 6.08 Å². The van der Waals surface area contributed by atoms with Crippen LogP contribution in [0.1, 0.15) is 38.4 Å². The van der Waals surface area contributed by atoms with Crippen molar-refractivity contribution < 1.29 is 9.53 Å². The van der Waals surface area contributed by atoms with Gasteiger partial charge in [0, 0.05) is 37.9 Å². The number of aromatic nitrogens is 2. The first-order valence-corrected chi connectivity index (χ1v) is 7.93. The molecule has 1 amide bonds. The minimum absolute atomic E-state index is 0.0670. The Bertz CT molecular complexity index is 524. The number of halogens is 1. The highest BCUT2D eigenvalue weighted by atomic mass is 35.5. The molecule has 0 aliphatic carbocycles. The van der Waals surface area contributed by atoms with Crippen molar-refractivity contribution >= 4 is 23.6 Å². The Morgan fingerprint density at radius 1 is 1.45 bits per heavy atom. The van der Waals surface area contributed by atoms with Crippen molar-refractivity contribution in [3.63, 3.8) is 0 Å². The van der Waals surface area contributed by atoms with Crippen LogP contribution in [0.4, 0.5) is 0 Å². The molecule has 0 aliphatic heterocycles. The zero-order valence-electron chi connectivity index (χ0n) is 14.0. The van der Waals surface area contributed by atoms with E-state index in [1.165, 1.54) is 6.08 Å². The Morgan fingerprint density at radius 3 is 2.73 bits per heavy atom. The van der Waals surface area contributed by atoms with Crippen molar-refractivity contribution in [1.82, 2.24) is 15.1 Å². The molecule has 5 nitrogen and oxygen atoms in total. The highest BCUT2D eigenvalue weighted by Crippen LogP contribution is 2.22. The van der Waals surface area contributed by atoms with Gasteiger partial charge in [0.25, 0.3) is 0 Å². The van der Waals surface area contributed by atoms with Crippen molar-refractivity contribution in [2.75, 3.05) is 13.7 Å². The molecule has 0 aromatic carbocycles. The molecule has 1 aromatic heterocycles. The number of nitrogens with zero attached hydrogens (tertiary/aromatic N) is 2. The Kier molecular flexibility index (Phi) is 7.62. The Morgan fingerprint density at radius 2 is 2.14 bits per heavy atom. The van der Waals surface area contributed by atoms with Gasteiger partial charge in [-0.25, -0.2) is 0 Å². The third-order valence-corrected chi connectivity index (χ3v) is 3.59. The number of hydrogen-bond donors (Lipinski definition) is 1. The predicted octanol–water partition coefficient (Wildman–Crippen LogP) is 3.06. The summed E-state index contributed by atoms with van der Waals surface area (Å²) in [6.07, 6.45) is 4.00. The van der Waals surface area contributed by atoms with E-state index in [1.54, 1.807) is 17.9 Å². The molecule has 0 spiro atoms. The molecule has 1 N–H and O–H groups in total. The van der Waals surface area contributed by atoms with E-state index in [4.69, 9.17) is 16.3 Å². The first-order valence-electron chi connectivity index (χ1n) is 7.55. The van der Waals surface area contributed by atoms with E-state index in [0.717, 1.165) is 24.2 Å². The van der Waals surface area contributed by atoms with Crippen molar-refractivity contribution in [3.8, 4) is 0 Å². The first-order chi connectivity index (χ1) is 10.3. The van der Waals surface area contributed by atoms with Crippen molar-refractivity contribution in [2.24, 2.45) is 5.92 Å². The van der Waals surface area contributed by atoms with Gasteiger partial charge >= 0.3 is 0 Å². The van der Waals surface area contributed by atoms with Crippen LogP contribution < -0.4 is 5.32 Å². The third kappa shape index (κ3) is 5.81. The van der Waals surface area contributed by atoms with Crippen molar-refractivity contribution in [1.29, 1.82) is 0 Å². The standard InChI is InChI=1S/C16H26ClN3O2/c1-11(2)10-20-16(17)14(13(4)19-20)6-7-15(21)18-12(3)8-9-22-5/h6-7,11-12H,8-10H2,1-5H3,(H,18,21). The van der Waals surface area contributed by atoms with Gasteiger partial charge in [-0.2, -0.15) is 5.10 Å². The molecule has 1 heterocycles. The number of aryl methyl sites for hydroxylation is 1. The molecule has 1 unspecified atom stereocenters. The SMILES string of the molecule is COCCC(C)NC(=O)C=Cc1c(C)nn(CC(C)C)c1Cl. The van der Waals surface area contributed by atoms with Gasteiger partial charge in [-0.15, -0.1) is 0 Å². The molecule has 0 saturated carbocycles. The summed E-state index contributed by atoms with van der Waals surface area (Å²) in [5.74, 6) is 0.314. The van der Waals surface area contributed by atoms with Gasteiger partial charge in [-0.3, -0.25) is 9.48 Å². The molecule has 0 fully saturated rings. The number of carbonyl (C=O) groups excluding carboxylic acids is 1. The number of methoxy groups -OCH3 is 1. The summed E-state index contributed by atoms with van der Waals surface area (Å²) in [7, 11) is 1.65. The fraction of sp³-hybridized carbons (Fsp3) is 0.625. The number of nitrogens with one attached hydrogen (secondary N) is 1. The van der Waals surface area contributed by atoms with Gasteiger partial charge in [0.15, 0.2) is 0 Å². The maximum absolute atomic E-state index is 11.9. The van der Waals surface area contributed by atoms with Crippen LogP contribution in [-0.2, 0) is 16.1 Å². The lowest BCUT2D eigenvalue weighted by Crippen LogP contribution is -2.31. The van der Waals surface area contributed by atoms with Crippen LogP contribution in [0.25, 0.3) is 6.08 Å². The normalized spacial score (nSPS) is 13.0. The topological polar surface area (TPSA) is 56.1 Å². The molecule has 0 saturated heterocycles. The van der Waals surface area contributed by atoms with Crippen LogP contribution >= 0.6 is 11.6 Å². The molecule has 6 heteroatoms. The van der Waals surface area contributed by atoms with E-state index in [2.05, 4.69) is 24.3 Å². The average molecular weight is 328 g/mol. The molecular formula is C16H26ClN3O2. The summed E-state index contributed by atoms with van der Waals surface area (Å²) in [4.78, 5) is 11.9. The van der Waals surface area contributed by atoms with Gasteiger partial charge in [-0.05, 0) is 32.3 Å². The molecule has 1 atom stereocenters. The lowest BCUT2D eigenvalue weighted by atomic mass is 10.2. The second-order valence-electron chi connectivity index (χ2n) is 5.89. The highest BCUT2D eigenvalue weighted by molar-refractivity contribution is 6.31. The van der Waals surface area contributed by atoms with Crippen LogP contribution in [0.3, 0.4) is 0 Å². The van der Waals surface area contributed by atoms with Gasteiger partial charge < -0.3 is 10.1 Å². The van der Waals surface area contributed by atoms with Gasteiger partial charge in [0.05, 0.1) is 5.69 Å². The monoisotopic (exact) mass is 327 g/mol. The number of hydrogen-bond acceptors (Lipinski definition) is 3. The molecule has 124 valence electrons. The van der Waals surface area contributed by atoms with E-state index in [-0.39, 0.29) is 11.9 Å². The van der Waals surface area contributed by atoms with Crippen LogP contribution in [0.2, 0.25) is 5.15 Å². The molecule has 0 bridgehead atoms. The van der Waals surface area contributed by atoms with Crippen LogP contribution in [0.5, 0.6) is 0 Å². The summed E-state index contributed by atoms with van der Waals surface area (Å²) in [6, 6.07) is 0.0670. The molecular weight excluding hydrogens is 302 g/mol. The van der Waals surface area contributed by atoms with E-state index in [1.807, 2.05) is 13.8 Å². The lowest BCUT2D eigenvalue weighted by molar-refractivity contribution is -0.117. The quantitative estimate of drug-likeness (QED) is 0.747. The maximum Gasteiger partial charge on any atom is 0.244 e. The summed E-state index contributed by atoms with van der Waals surface area (Å²) < 4.78 is 6.77. The summed E-state index contributed by atoms with van der Waals surface area (Å²) >= 11 is 6.33. The number of ether oxygens (including phenoxy) is 1. The second kappa shape index (κ2) is 8.96. The lowest BCUT2D eigenvalue weighted by Gasteiger charge is -2.11. The van der Waals surface area contributed by atoms with Crippen molar-refractivity contribution in [3.05, 3.63) is 22.5 Å². The van der Waals surface area contributed by atoms with E-state index >= 15 is 0 Å².